The van der Waals surface area contributed by atoms with Crippen LogP contribution in [-0.4, -0.2) is 68.8 Å². The summed E-state index contributed by atoms with van der Waals surface area (Å²) >= 11 is 0. The van der Waals surface area contributed by atoms with E-state index >= 15 is 0 Å². The molecule has 0 radical (unpaired) electrons. The van der Waals surface area contributed by atoms with E-state index < -0.39 is 12.7 Å². The number of carbonyl (C=O) groups excluding carboxylic acids is 1. The zero-order valence-corrected chi connectivity index (χ0v) is 18.3. The van der Waals surface area contributed by atoms with Crippen molar-refractivity contribution in [2.75, 3.05) is 33.7 Å². The van der Waals surface area contributed by atoms with Gasteiger partial charge in [-0.25, -0.2) is 0 Å². The lowest BCUT2D eigenvalue weighted by atomic mass is 9.85. The van der Waals surface area contributed by atoms with Crippen molar-refractivity contribution >= 4 is 35.8 Å². The van der Waals surface area contributed by atoms with E-state index in [0.717, 1.165) is 38.5 Å². The van der Waals surface area contributed by atoms with Gasteiger partial charge in [0.25, 0.3) is 0 Å². The van der Waals surface area contributed by atoms with Gasteiger partial charge in [-0.15, -0.1) is 24.0 Å². The number of aliphatic imine (C=N–C) groups is 1. The van der Waals surface area contributed by atoms with Crippen LogP contribution in [0.1, 0.15) is 38.5 Å². The van der Waals surface area contributed by atoms with Gasteiger partial charge in [-0.2, -0.15) is 13.2 Å². The van der Waals surface area contributed by atoms with Gasteiger partial charge < -0.3 is 16.0 Å². The number of amides is 1. The number of alkyl halides is 3. The number of hydrogen-bond donors (Lipinski definition) is 3. The minimum absolute atomic E-state index is 0. The Bertz CT molecular complexity index is 499. The molecule has 0 bridgehead atoms. The molecular weight excluding hydrogens is 474 g/mol. The third-order valence-corrected chi connectivity index (χ3v) is 4.77. The third kappa shape index (κ3) is 9.82. The molecular formula is C17H31F3IN5O. The van der Waals surface area contributed by atoms with E-state index in [2.05, 4.69) is 20.9 Å². The van der Waals surface area contributed by atoms with Gasteiger partial charge in [0.05, 0.1) is 6.54 Å². The van der Waals surface area contributed by atoms with Crippen LogP contribution in [0.2, 0.25) is 0 Å². The Labute approximate surface area is 176 Å². The SMILES string of the molecule is CN=C(NCCN(C)CC(F)(F)F)NC1CCCC(C(=O)NC2CC2)C1.I. The summed E-state index contributed by atoms with van der Waals surface area (Å²) < 4.78 is 37.0. The fourth-order valence-electron chi connectivity index (χ4n) is 3.24. The van der Waals surface area contributed by atoms with E-state index in [1.165, 1.54) is 11.9 Å². The summed E-state index contributed by atoms with van der Waals surface area (Å²) in [5, 5.41) is 9.42. The van der Waals surface area contributed by atoms with Crippen molar-refractivity contribution in [2.45, 2.75) is 56.8 Å². The Morgan fingerprint density at radius 2 is 1.85 bits per heavy atom. The van der Waals surface area contributed by atoms with Crippen molar-refractivity contribution in [3.8, 4) is 0 Å². The molecule has 0 aromatic heterocycles. The number of guanidine groups is 1. The number of carbonyl (C=O) groups is 1. The zero-order valence-electron chi connectivity index (χ0n) is 15.9. The Hall–Kier alpha value is -0.780. The summed E-state index contributed by atoms with van der Waals surface area (Å²) in [6, 6.07) is 0.525. The maximum atomic E-state index is 12.3. The van der Waals surface area contributed by atoms with Crippen molar-refractivity contribution < 1.29 is 18.0 Å². The summed E-state index contributed by atoms with van der Waals surface area (Å²) in [6.07, 6.45) is 1.58. The molecule has 2 fully saturated rings. The Morgan fingerprint density at radius 1 is 1.15 bits per heavy atom. The van der Waals surface area contributed by atoms with Crippen LogP contribution < -0.4 is 16.0 Å². The molecule has 2 atom stereocenters. The van der Waals surface area contributed by atoms with Gasteiger partial charge in [0.1, 0.15) is 0 Å². The fourth-order valence-corrected chi connectivity index (χ4v) is 3.24. The molecule has 6 nitrogen and oxygen atoms in total. The van der Waals surface area contributed by atoms with Crippen molar-refractivity contribution in [2.24, 2.45) is 10.9 Å². The Balaban J connectivity index is 0.00000364. The Kier molecular flexibility index (Phi) is 10.1. The molecule has 0 aromatic rings. The molecule has 2 rings (SSSR count). The van der Waals surface area contributed by atoms with Crippen LogP contribution in [0.5, 0.6) is 0 Å². The van der Waals surface area contributed by atoms with Crippen LogP contribution in [0.3, 0.4) is 0 Å². The topological polar surface area (TPSA) is 68.8 Å². The highest BCUT2D eigenvalue weighted by Crippen LogP contribution is 2.26. The quantitative estimate of drug-likeness (QED) is 0.282. The number of rotatable bonds is 7. The van der Waals surface area contributed by atoms with Crippen LogP contribution >= 0.6 is 24.0 Å². The second-order valence-corrected chi connectivity index (χ2v) is 7.34. The average Bonchev–Trinajstić information content (AvgIpc) is 3.36. The number of hydrogen-bond acceptors (Lipinski definition) is 3. The summed E-state index contributed by atoms with van der Waals surface area (Å²) in [5.74, 6) is 0.743. The second-order valence-electron chi connectivity index (χ2n) is 7.34. The molecule has 0 spiro atoms. The highest BCUT2D eigenvalue weighted by Gasteiger charge is 2.31. The van der Waals surface area contributed by atoms with E-state index in [-0.39, 0.29) is 48.4 Å². The average molecular weight is 505 g/mol. The smallest absolute Gasteiger partial charge is 0.355 e. The van der Waals surface area contributed by atoms with Gasteiger partial charge in [0, 0.05) is 38.1 Å². The third-order valence-electron chi connectivity index (χ3n) is 4.77. The number of nitrogens with zero attached hydrogens (tertiary/aromatic N) is 2. The van der Waals surface area contributed by atoms with Crippen LogP contribution in [-0.2, 0) is 4.79 Å². The minimum Gasteiger partial charge on any atom is -0.355 e. The van der Waals surface area contributed by atoms with E-state index in [1.807, 2.05) is 0 Å². The molecule has 158 valence electrons. The molecule has 0 aromatic carbocycles. The molecule has 0 heterocycles. The van der Waals surface area contributed by atoms with E-state index in [1.54, 1.807) is 7.05 Å². The first kappa shape index (κ1) is 24.3. The van der Waals surface area contributed by atoms with E-state index in [9.17, 15) is 18.0 Å². The monoisotopic (exact) mass is 505 g/mol. The molecule has 3 N–H and O–H groups in total. The van der Waals surface area contributed by atoms with Gasteiger partial charge in [0.2, 0.25) is 5.91 Å². The van der Waals surface area contributed by atoms with Gasteiger partial charge >= 0.3 is 6.18 Å². The first-order chi connectivity index (χ1) is 12.3. The van der Waals surface area contributed by atoms with Crippen molar-refractivity contribution in [1.82, 2.24) is 20.9 Å². The maximum absolute atomic E-state index is 12.3. The van der Waals surface area contributed by atoms with Crippen molar-refractivity contribution in [3.05, 3.63) is 0 Å². The van der Waals surface area contributed by atoms with Crippen LogP contribution in [0.25, 0.3) is 0 Å². The summed E-state index contributed by atoms with van der Waals surface area (Å²) in [4.78, 5) is 17.6. The lowest BCUT2D eigenvalue weighted by molar-refractivity contribution is -0.142. The van der Waals surface area contributed by atoms with Gasteiger partial charge in [-0.3, -0.25) is 14.7 Å². The molecule has 2 aliphatic carbocycles. The lowest BCUT2D eigenvalue weighted by Crippen LogP contribution is -2.48. The first-order valence-corrected chi connectivity index (χ1v) is 9.29. The van der Waals surface area contributed by atoms with Gasteiger partial charge in [-0.1, -0.05) is 6.42 Å². The minimum atomic E-state index is -4.19. The maximum Gasteiger partial charge on any atom is 0.401 e. The molecule has 27 heavy (non-hydrogen) atoms. The first-order valence-electron chi connectivity index (χ1n) is 9.29. The molecule has 1 amide bonds. The molecule has 2 unspecified atom stereocenters. The van der Waals surface area contributed by atoms with Crippen molar-refractivity contribution in [1.29, 1.82) is 0 Å². The van der Waals surface area contributed by atoms with Gasteiger partial charge in [0.15, 0.2) is 5.96 Å². The molecule has 2 aliphatic rings. The van der Waals surface area contributed by atoms with Crippen molar-refractivity contribution in [3.63, 3.8) is 0 Å². The normalized spacial score (nSPS) is 23.6. The lowest BCUT2D eigenvalue weighted by Gasteiger charge is -2.30. The fraction of sp³-hybridized carbons (Fsp3) is 0.882. The van der Waals surface area contributed by atoms with Crippen LogP contribution in [0, 0.1) is 5.92 Å². The number of nitrogens with one attached hydrogen (secondary N) is 3. The molecule has 0 aliphatic heterocycles. The summed E-state index contributed by atoms with van der Waals surface area (Å²) in [6.45, 7) is -0.303. The predicted molar refractivity (Wildman–Crippen MR) is 110 cm³/mol. The highest BCUT2D eigenvalue weighted by molar-refractivity contribution is 14.0. The van der Waals surface area contributed by atoms with Crippen LogP contribution in [0.4, 0.5) is 13.2 Å². The summed E-state index contributed by atoms with van der Waals surface area (Å²) in [5.41, 5.74) is 0. The highest BCUT2D eigenvalue weighted by atomic mass is 127. The molecule has 2 saturated carbocycles. The van der Waals surface area contributed by atoms with Gasteiger partial charge in [-0.05, 0) is 39.2 Å². The van der Waals surface area contributed by atoms with Crippen LogP contribution in [0.15, 0.2) is 4.99 Å². The van der Waals surface area contributed by atoms with E-state index in [0.29, 0.717) is 18.5 Å². The second kappa shape index (κ2) is 11.3. The Morgan fingerprint density at radius 3 is 2.44 bits per heavy atom. The standard InChI is InChI=1S/C17H30F3N5O.HI/c1-21-16(22-8-9-25(2)11-17(18,19)20)24-14-5-3-4-12(10-14)15(26)23-13-6-7-13;/h12-14H,3-11H2,1-2H3,(H,23,26)(H2,21,22,24);1H. The number of likely N-dealkylation sites (N-methyl/N-ethyl adjacent to an activating group) is 1. The zero-order chi connectivity index (χ0) is 19.2. The molecule has 0 saturated heterocycles. The molecule has 10 heteroatoms. The largest absolute Gasteiger partial charge is 0.401 e. The van der Waals surface area contributed by atoms with E-state index in [4.69, 9.17) is 0 Å². The predicted octanol–water partition coefficient (Wildman–Crippen LogP) is 2.10. The summed E-state index contributed by atoms with van der Waals surface area (Å²) in [7, 11) is 3.07. The number of halogens is 4.